The Hall–Kier alpha value is -0.600. The molecule has 5 fully saturated rings. The van der Waals surface area contributed by atoms with Gasteiger partial charge in [0, 0.05) is 5.92 Å². The Kier molecular flexibility index (Phi) is 10.5. The van der Waals surface area contributed by atoms with E-state index in [-0.39, 0.29) is 25.2 Å². The summed E-state index contributed by atoms with van der Waals surface area (Å²) in [6.07, 6.45) is -18.0. The zero-order chi connectivity index (χ0) is 30.5. The average Bonchev–Trinajstić information content (AvgIpc) is 2.95. The molecular formula is C27H46O15. The molecule has 0 spiro atoms. The molecule has 2 saturated carbocycles. The normalized spacial score (nSPS) is 55.6. The number of hydrogen-bond acceptors (Lipinski definition) is 15. The molecule has 19 atom stereocenters. The summed E-state index contributed by atoms with van der Waals surface area (Å²) in [7, 11) is 0. The largest absolute Gasteiger partial charge is 0.393 e. The smallest absolute Gasteiger partial charge is 0.187 e. The first-order valence-electron chi connectivity index (χ1n) is 14.9. The van der Waals surface area contributed by atoms with Crippen LogP contribution in [0.2, 0.25) is 0 Å². The van der Waals surface area contributed by atoms with Gasteiger partial charge in [0.15, 0.2) is 12.6 Å². The van der Waals surface area contributed by atoms with Gasteiger partial charge in [-0.3, -0.25) is 0 Å². The summed E-state index contributed by atoms with van der Waals surface area (Å²) < 4.78 is 29.4. The molecule has 15 nitrogen and oxygen atoms in total. The molecule has 0 radical (unpaired) electrons. The first-order chi connectivity index (χ1) is 19.8. The summed E-state index contributed by atoms with van der Waals surface area (Å²) in [5, 5.41) is 104. The molecule has 3 saturated heterocycles. The third kappa shape index (κ3) is 6.66. The lowest BCUT2D eigenvalue weighted by Crippen LogP contribution is -2.63. The molecule has 0 aromatic rings. The molecular weight excluding hydrogens is 564 g/mol. The highest BCUT2D eigenvalue weighted by Gasteiger charge is 2.52. The highest BCUT2D eigenvalue weighted by molar-refractivity contribution is 4.99. The molecule has 9 unspecified atom stereocenters. The number of ether oxygens (including phenoxy) is 5. The first-order valence-corrected chi connectivity index (χ1v) is 14.9. The van der Waals surface area contributed by atoms with Crippen LogP contribution in [0, 0.1) is 11.8 Å². The van der Waals surface area contributed by atoms with E-state index in [1.54, 1.807) is 0 Å². The van der Waals surface area contributed by atoms with Crippen molar-refractivity contribution in [3.8, 4) is 0 Å². The Morgan fingerprint density at radius 2 is 1.31 bits per heavy atom. The fourth-order valence-electron chi connectivity index (χ4n) is 7.09. The maximum atomic E-state index is 10.8. The maximum Gasteiger partial charge on any atom is 0.187 e. The monoisotopic (exact) mass is 610 g/mol. The summed E-state index contributed by atoms with van der Waals surface area (Å²) in [6.45, 7) is 1.04. The average molecular weight is 611 g/mol. The van der Waals surface area contributed by atoms with Crippen LogP contribution in [-0.4, -0.2) is 162 Å². The molecule has 42 heavy (non-hydrogen) atoms. The molecule has 3 heterocycles. The minimum Gasteiger partial charge on any atom is -0.393 e. The third-order valence-corrected chi connectivity index (χ3v) is 9.69. The van der Waals surface area contributed by atoms with Crippen molar-refractivity contribution in [3.63, 3.8) is 0 Å². The minimum absolute atomic E-state index is 0.169. The van der Waals surface area contributed by atoms with Crippen LogP contribution < -0.4 is 0 Å². The highest BCUT2D eigenvalue weighted by atomic mass is 16.7. The molecule has 244 valence electrons. The van der Waals surface area contributed by atoms with E-state index in [2.05, 4.69) is 0 Å². The SMILES string of the molecule is C[C@H]1O[C@@H](OC[C@@H]2O[C@@H](OC3CC4C(O)CC(O)CC4OC3C3CCC(O)C(O)C3)[C@H](O)[C@@H](O)[C@@H]2O)[C@H](O)[C@H](O)[C@H]1O. The van der Waals surface area contributed by atoms with E-state index in [4.69, 9.17) is 23.7 Å². The molecule has 15 heteroatoms. The van der Waals surface area contributed by atoms with Crippen LogP contribution in [0.25, 0.3) is 0 Å². The lowest BCUT2D eigenvalue weighted by molar-refractivity contribution is -0.345. The van der Waals surface area contributed by atoms with Gasteiger partial charge in [-0.05, 0) is 51.4 Å². The van der Waals surface area contributed by atoms with Crippen LogP contribution in [-0.2, 0) is 23.7 Å². The van der Waals surface area contributed by atoms with Gasteiger partial charge < -0.3 is 74.7 Å². The van der Waals surface area contributed by atoms with Crippen LogP contribution >= 0.6 is 0 Å². The molecule has 0 aromatic heterocycles. The predicted molar refractivity (Wildman–Crippen MR) is 137 cm³/mol. The Bertz CT molecular complexity index is 882. The van der Waals surface area contributed by atoms with Crippen molar-refractivity contribution in [2.24, 2.45) is 11.8 Å². The van der Waals surface area contributed by atoms with Gasteiger partial charge in [-0.2, -0.15) is 0 Å². The van der Waals surface area contributed by atoms with Crippen LogP contribution in [0.3, 0.4) is 0 Å². The topological polar surface area (TPSA) is 248 Å². The lowest BCUT2D eigenvalue weighted by Gasteiger charge is -2.51. The molecule has 0 bridgehead atoms. The molecule has 0 aromatic carbocycles. The Balaban J connectivity index is 1.29. The Morgan fingerprint density at radius 1 is 0.619 bits per heavy atom. The second-order valence-electron chi connectivity index (χ2n) is 12.6. The van der Waals surface area contributed by atoms with E-state index in [1.807, 2.05) is 0 Å². The predicted octanol–water partition coefficient (Wildman–Crippen LogP) is -4.17. The standard InChI is InChI=1S/C27H46O15/c1-9-19(32)21(34)23(36)26(39-9)38-8-18-20(33)22(35)24(37)27(42-18)41-17-7-12-14(30)5-11(28)6-16(12)40-25(17)10-2-3-13(29)15(31)4-10/h9-37H,2-8H2,1H3/t9-,10?,11?,12?,13?,14?,15?,16?,17?,18+,19+,20-,21-,22+,23-,24-,25?,26-,27-/m1/s1. The number of fused-ring (bicyclic) bond motifs is 1. The highest BCUT2D eigenvalue weighted by Crippen LogP contribution is 2.43. The van der Waals surface area contributed by atoms with Crippen molar-refractivity contribution in [1.29, 1.82) is 0 Å². The van der Waals surface area contributed by atoms with Gasteiger partial charge >= 0.3 is 0 Å². The number of rotatable bonds is 6. The van der Waals surface area contributed by atoms with Gasteiger partial charge in [0.2, 0.25) is 0 Å². The zero-order valence-corrected chi connectivity index (χ0v) is 23.4. The van der Waals surface area contributed by atoms with Crippen LogP contribution in [0.15, 0.2) is 0 Å². The van der Waals surface area contributed by atoms with Gasteiger partial charge in [-0.1, -0.05) is 0 Å². The van der Waals surface area contributed by atoms with Gasteiger partial charge in [-0.15, -0.1) is 0 Å². The van der Waals surface area contributed by atoms with E-state index in [9.17, 15) is 51.1 Å². The van der Waals surface area contributed by atoms with Crippen molar-refractivity contribution in [2.75, 3.05) is 6.61 Å². The van der Waals surface area contributed by atoms with Gasteiger partial charge in [-0.25, -0.2) is 0 Å². The van der Waals surface area contributed by atoms with Crippen molar-refractivity contribution < 1.29 is 74.7 Å². The summed E-state index contributed by atoms with van der Waals surface area (Å²) >= 11 is 0. The van der Waals surface area contributed by atoms with Crippen LogP contribution in [0.1, 0.15) is 45.4 Å². The maximum absolute atomic E-state index is 10.8. The van der Waals surface area contributed by atoms with Gasteiger partial charge in [0.25, 0.3) is 0 Å². The van der Waals surface area contributed by atoms with Crippen molar-refractivity contribution >= 4 is 0 Å². The van der Waals surface area contributed by atoms with Gasteiger partial charge in [0.05, 0.1) is 55.4 Å². The number of aliphatic hydroxyl groups excluding tert-OH is 10. The molecule has 3 aliphatic heterocycles. The quantitative estimate of drug-likeness (QED) is 0.137. The van der Waals surface area contributed by atoms with Crippen molar-refractivity contribution in [1.82, 2.24) is 0 Å². The fourth-order valence-corrected chi connectivity index (χ4v) is 7.09. The summed E-state index contributed by atoms with van der Waals surface area (Å²) in [5.41, 5.74) is 0. The second kappa shape index (κ2) is 13.4. The summed E-state index contributed by atoms with van der Waals surface area (Å²) in [6, 6.07) is 0. The molecule has 2 aliphatic carbocycles. The third-order valence-electron chi connectivity index (χ3n) is 9.69. The van der Waals surface area contributed by atoms with E-state index in [0.717, 1.165) is 0 Å². The van der Waals surface area contributed by atoms with E-state index < -0.39 is 117 Å². The minimum atomic E-state index is -1.71. The molecule has 0 amide bonds. The van der Waals surface area contributed by atoms with Crippen LogP contribution in [0.5, 0.6) is 0 Å². The van der Waals surface area contributed by atoms with E-state index in [0.29, 0.717) is 19.3 Å². The first kappa shape index (κ1) is 32.8. The van der Waals surface area contributed by atoms with Crippen LogP contribution in [0.4, 0.5) is 0 Å². The number of aliphatic hydroxyl groups is 10. The second-order valence-corrected chi connectivity index (χ2v) is 12.6. The molecule has 5 rings (SSSR count). The Labute approximate surface area is 243 Å². The van der Waals surface area contributed by atoms with Gasteiger partial charge in [0.1, 0.15) is 42.7 Å². The van der Waals surface area contributed by atoms with E-state index in [1.165, 1.54) is 6.92 Å². The summed E-state index contributed by atoms with van der Waals surface area (Å²) in [4.78, 5) is 0. The molecule has 10 N–H and O–H groups in total. The van der Waals surface area contributed by atoms with E-state index >= 15 is 0 Å². The van der Waals surface area contributed by atoms with Crippen molar-refractivity contribution in [3.05, 3.63) is 0 Å². The fraction of sp³-hybridized carbons (Fsp3) is 1.00. The lowest BCUT2D eigenvalue weighted by atomic mass is 9.72. The zero-order valence-electron chi connectivity index (χ0n) is 23.4. The number of hydrogen-bond donors (Lipinski definition) is 10. The Morgan fingerprint density at radius 3 is 2.02 bits per heavy atom. The molecule has 5 aliphatic rings. The van der Waals surface area contributed by atoms with Crippen molar-refractivity contribution in [2.45, 2.75) is 150 Å². The summed E-state index contributed by atoms with van der Waals surface area (Å²) in [5.74, 6) is -0.646.